The molecule has 1 N–H and O–H groups in total. The minimum absolute atomic E-state index is 0.194. The van der Waals surface area contributed by atoms with Gasteiger partial charge in [-0.2, -0.15) is 0 Å². The standard InChI is InChI=1S/C21H22N2O6/c1-12(2)19(29-21(25)15-9-17-14(23(15)3)6-7-26-17)20(24)22-10-13-4-5-16-18(8-13)28-11-27-16/h4-9,12,19H,10-11H2,1-3H3,(H,22,24)/t19-/m1/s1. The highest BCUT2D eigenvalue weighted by Gasteiger charge is 2.28. The maximum Gasteiger partial charge on any atom is 0.355 e. The number of carbonyl (C=O) groups is 2. The van der Waals surface area contributed by atoms with Crippen molar-refractivity contribution in [2.45, 2.75) is 26.5 Å². The topological polar surface area (TPSA) is 91.9 Å². The zero-order valence-electron chi connectivity index (χ0n) is 16.4. The molecular weight excluding hydrogens is 376 g/mol. The minimum atomic E-state index is -0.919. The molecule has 1 atom stereocenters. The zero-order chi connectivity index (χ0) is 20.5. The number of rotatable bonds is 6. The van der Waals surface area contributed by atoms with Crippen LogP contribution in [0, 0.1) is 5.92 Å². The Bertz CT molecular complexity index is 1060. The van der Waals surface area contributed by atoms with Gasteiger partial charge < -0.3 is 28.5 Å². The van der Waals surface area contributed by atoms with Crippen molar-refractivity contribution in [1.29, 1.82) is 0 Å². The van der Waals surface area contributed by atoms with Crippen LogP contribution in [0.25, 0.3) is 11.1 Å². The van der Waals surface area contributed by atoms with Crippen molar-refractivity contribution in [3.05, 3.63) is 47.9 Å². The highest BCUT2D eigenvalue weighted by Crippen LogP contribution is 2.32. The molecule has 8 nitrogen and oxygen atoms in total. The molecule has 1 aromatic carbocycles. The molecule has 29 heavy (non-hydrogen) atoms. The van der Waals surface area contributed by atoms with Gasteiger partial charge in [0.1, 0.15) is 5.69 Å². The highest BCUT2D eigenvalue weighted by molar-refractivity contribution is 5.95. The first-order valence-corrected chi connectivity index (χ1v) is 9.34. The van der Waals surface area contributed by atoms with Gasteiger partial charge in [-0.15, -0.1) is 0 Å². The van der Waals surface area contributed by atoms with E-state index in [2.05, 4.69) is 5.32 Å². The molecule has 4 rings (SSSR count). The number of aryl methyl sites for hydroxylation is 1. The maximum atomic E-state index is 12.7. The molecule has 8 heteroatoms. The molecule has 0 aliphatic carbocycles. The molecule has 0 saturated carbocycles. The number of aromatic nitrogens is 1. The fraction of sp³-hybridized carbons (Fsp3) is 0.333. The Morgan fingerprint density at radius 2 is 1.97 bits per heavy atom. The second-order valence-electron chi connectivity index (χ2n) is 7.23. The van der Waals surface area contributed by atoms with Crippen LogP contribution in [-0.4, -0.2) is 29.3 Å². The summed E-state index contributed by atoms with van der Waals surface area (Å²) in [5.41, 5.74) is 2.56. The van der Waals surface area contributed by atoms with Crippen LogP contribution >= 0.6 is 0 Å². The molecule has 1 amide bonds. The second-order valence-corrected chi connectivity index (χ2v) is 7.23. The van der Waals surface area contributed by atoms with E-state index in [1.54, 1.807) is 36.1 Å². The van der Waals surface area contributed by atoms with Gasteiger partial charge in [0.15, 0.2) is 23.2 Å². The maximum absolute atomic E-state index is 12.7. The molecule has 0 fully saturated rings. The first kappa shape index (κ1) is 18.9. The van der Waals surface area contributed by atoms with Crippen LogP contribution < -0.4 is 14.8 Å². The van der Waals surface area contributed by atoms with E-state index in [4.69, 9.17) is 18.6 Å². The number of nitrogens with one attached hydrogen (secondary N) is 1. The Balaban J connectivity index is 1.42. The molecule has 3 heterocycles. The van der Waals surface area contributed by atoms with Crippen LogP contribution in [0.5, 0.6) is 11.5 Å². The van der Waals surface area contributed by atoms with Crippen molar-refractivity contribution in [3.8, 4) is 11.5 Å². The van der Waals surface area contributed by atoms with E-state index >= 15 is 0 Å². The number of benzene rings is 1. The summed E-state index contributed by atoms with van der Waals surface area (Å²) in [7, 11) is 1.75. The first-order valence-electron chi connectivity index (χ1n) is 9.34. The van der Waals surface area contributed by atoms with Crippen LogP contribution in [0.1, 0.15) is 29.9 Å². The molecule has 0 bridgehead atoms. The predicted octanol–water partition coefficient (Wildman–Crippen LogP) is 3.00. The summed E-state index contributed by atoms with van der Waals surface area (Å²) in [4.78, 5) is 25.4. The Morgan fingerprint density at radius 3 is 2.72 bits per heavy atom. The van der Waals surface area contributed by atoms with Gasteiger partial charge in [0, 0.05) is 25.7 Å². The van der Waals surface area contributed by atoms with E-state index in [-0.39, 0.29) is 25.2 Å². The third-order valence-corrected chi connectivity index (χ3v) is 4.87. The van der Waals surface area contributed by atoms with E-state index in [1.165, 1.54) is 0 Å². The van der Waals surface area contributed by atoms with Gasteiger partial charge in [-0.25, -0.2) is 4.79 Å². The molecule has 0 unspecified atom stereocenters. The van der Waals surface area contributed by atoms with Gasteiger partial charge in [-0.05, 0) is 23.6 Å². The summed E-state index contributed by atoms with van der Waals surface area (Å²) < 4.78 is 23.2. The number of furan rings is 1. The third kappa shape index (κ3) is 3.65. The number of esters is 1. The van der Waals surface area contributed by atoms with Crippen LogP contribution in [-0.2, 0) is 23.1 Å². The number of amides is 1. The molecule has 1 aliphatic rings. The summed E-state index contributed by atoms with van der Waals surface area (Å²) >= 11 is 0. The van der Waals surface area contributed by atoms with Crippen molar-refractivity contribution >= 4 is 23.0 Å². The average molecular weight is 398 g/mol. The Labute approximate surface area is 167 Å². The highest BCUT2D eigenvalue weighted by atomic mass is 16.7. The van der Waals surface area contributed by atoms with Gasteiger partial charge in [0.2, 0.25) is 6.79 Å². The SMILES string of the molecule is CC(C)[C@@H](OC(=O)c1cc2occc2n1C)C(=O)NCc1ccc2c(c1)OCO2. The number of fused-ring (bicyclic) bond motifs is 2. The first-order chi connectivity index (χ1) is 13.9. The fourth-order valence-corrected chi connectivity index (χ4v) is 3.25. The number of hydrogen-bond acceptors (Lipinski definition) is 6. The largest absolute Gasteiger partial charge is 0.463 e. The van der Waals surface area contributed by atoms with Crippen molar-refractivity contribution in [3.63, 3.8) is 0 Å². The van der Waals surface area contributed by atoms with Crippen molar-refractivity contribution < 1.29 is 28.2 Å². The van der Waals surface area contributed by atoms with Gasteiger partial charge in [-0.1, -0.05) is 19.9 Å². The molecule has 1 aliphatic heterocycles. The summed E-state index contributed by atoms with van der Waals surface area (Å²) in [6, 6.07) is 8.85. The van der Waals surface area contributed by atoms with Crippen molar-refractivity contribution in [2.75, 3.05) is 6.79 Å². The monoisotopic (exact) mass is 398 g/mol. The Kier molecular flexibility index (Phi) is 4.92. The minimum Gasteiger partial charge on any atom is -0.463 e. The summed E-state index contributed by atoms with van der Waals surface area (Å²) in [5, 5.41) is 2.83. The van der Waals surface area contributed by atoms with Gasteiger partial charge in [-0.3, -0.25) is 4.79 Å². The van der Waals surface area contributed by atoms with Gasteiger partial charge >= 0.3 is 5.97 Å². The molecular formula is C21H22N2O6. The van der Waals surface area contributed by atoms with Crippen LogP contribution in [0.15, 0.2) is 41.0 Å². The van der Waals surface area contributed by atoms with Crippen LogP contribution in [0.4, 0.5) is 0 Å². The smallest absolute Gasteiger partial charge is 0.355 e. The van der Waals surface area contributed by atoms with Gasteiger partial charge in [0.25, 0.3) is 5.91 Å². The molecule has 0 spiro atoms. The molecule has 0 radical (unpaired) electrons. The third-order valence-electron chi connectivity index (χ3n) is 4.87. The molecule has 152 valence electrons. The lowest BCUT2D eigenvalue weighted by Gasteiger charge is -2.21. The average Bonchev–Trinajstić information content (AvgIpc) is 3.41. The lowest BCUT2D eigenvalue weighted by atomic mass is 10.1. The van der Waals surface area contributed by atoms with Crippen molar-refractivity contribution in [2.24, 2.45) is 13.0 Å². The zero-order valence-corrected chi connectivity index (χ0v) is 16.4. The lowest BCUT2D eigenvalue weighted by molar-refractivity contribution is -0.132. The number of hydrogen-bond donors (Lipinski definition) is 1. The van der Waals surface area contributed by atoms with Crippen molar-refractivity contribution in [1.82, 2.24) is 9.88 Å². The summed E-state index contributed by atoms with van der Waals surface area (Å²) in [6.45, 7) is 4.14. The van der Waals surface area contributed by atoms with E-state index in [0.717, 1.165) is 11.1 Å². The molecule has 0 saturated heterocycles. The molecule has 3 aromatic rings. The lowest BCUT2D eigenvalue weighted by Crippen LogP contribution is -2.40. The van der Waals surface area contributed by atoms with E-state index in [1.807, 2.05) is 26.0 Å². The Morgan fingerprint density at radius 1 is 1.17 bits per heavy atom. The van der Waals surface area contributed by atoms with Crippen LogP contribution in [0.3, 0.4) is 0 Å². The predicted molar refractivity (Wildman–Crippen MR) is 104 cm³/mol. The normalized spacial score (nSPS) is 13.7. The van der Waals surface area contributed by atoms with E-state index in [0.29, 0.717) is 22.8 Å². The number of ether oxygens (including phenoxy) is 3. The summed E-state index contributed by atoms with van der Waals surface area (Å²) in [5.74, 6) is 0.206. The Hall–Kier alpha value is -3.42. The van der Waals surface area contributed by atoms with Gasteiger partial charge in [0.05, 0.1) is 11.8 Å². The molecule has 2 aromatic heterocycles. The van der Waals surface area contributed by atoms with Crippen LogP contribution in [0.2, 0.25) is 0 Å². The summed E-state index contributed by atoms with van der Waals surface area (Å²) in [6.07, 6.45) is 0.637. The van der Waals surface area contributed by atoms with E-state index < -0.39 is 12.1 Å². The fourth-order valence-electron chi connectivity index (χ4n) is 3.25. The number of nitrogens with zero attached hydrogens (tertiary/aromatic N) is 1. The number of carbonyl (C=O) groups excluding carboxylic acids is 2. The quantitative estimate of drug-likeness (QED) is 0.642. The second kappa shape index (κ2) is 7.54. The van der Waals surface area contributed by atoms with E-state index in [9.17, 15) is 9.59 Å².